The lowest BCUT2D eigenvalue weighted by Gasteiger charge is -2.12. The van der Waals surface area contributed by atoms with E-state index in [0.29, 0.717) is 0 Å². The molecule has 0 bridgehead atoms. The summed E-state index contributed by atoms with van der Waals surface area (Å²) in [4.78, 5) is 26.7. The zero-order valence-corrected chi connectivity index (χ0v) is 12.5. The van der Waals surface area contributed by atoms with E-state index in [9.17, 15) is 9.59 Å². The third-order valence-corrected chi connectivity index (χ3v) is 4.32. The topological polar surface area (TPSA) is 62.0 Å². The smallest absolute Gasteiger partial charge is 0.261 e. The molecule has 0 aliphatic heterocycles. The first-order valence-electron chi connectivity index (χ1n) is 6.34. The third kappa shape index (κ3) is 2.93. The predicted octanol–water partition coefficient (Wildman–Crippen LogP) is 2.21. The van der Waals surface area contributed by atoms with Crippen molar-refractivity contribution in [2.24, 2.45) is 0 Å². The SMILES string of the molecule is CCc1[nH]c(=O)c(C(=O)NC2CCCC2)cc1I. The Labute approximate surface area is 120 Å². The van der Waals surface area contributed by atoms with E-state index in [0.717, 1.165) is 41.4 Å². The summed E-state index contributed by atoms with van der Waals surface area (Å²) in [5, 5.41) is 2.94. The summed E-state index contributed by atoms with van der Waals surface area (Å²) >= 11 is 2.15. The van der Waals surface area contributed by atoms with Gasteiger partial charge in [-0.1, -0.05) is 19.8 Å². The van der Waals surface area contributed by atoms with Crippen LogP contribution in [0.15, 0.2) is 10.9 Å². The van der Waals surface area contributed by atoms with Crippen molar-refractivity contribution in [2.75, 3.05) is 0 Å². The van der Waals surface area contributed by atoms with Gasteiger partial charge in [0.15, 0.2) is 0 Å². The Morgan fingerprint density at radius 1 is 1.50 bits per heavy atom. The number of halogens is 1. The lowest BCUT2D eigenvalue weighted by molar-refractivity contribution is 0.0936. The molecule has 0 saturated heterocycles. The normalized spacial score (nSPS) is 15.9. The van der Waals surface area contributed by atoms with Crippen LogP contribution in [0.1, 0.15) is 48.7 Å². The molecule has 1 fully saturated rings. The number of rotatable bonds is 3. The van der Waals surface area contributed by atoms with Gasteiger partial charge in [-0.3, -0.25) is 9.59 Å². The molecule has 1 aliphatic carbocycles. The Morgan fingerprint density at radius 2 is 2.17 bits per heavy atom. The molecule has 98 valence electrons. The highest BCUT2D eigenvalue weighted by molar-refractivity contribution is 14.1. The maximum absolute atomic E-state index is 12.0. The van der Waals surface area contributed by atoms with Gasteiger partial charge in [0, 0.05) is 15.3 Å². The number of H-pyrrole nitrogens is 1. The van der Waals surface area contributed by atoms with Gasteiger partial charge in [-0.05, 0) is 47.9 Å². The van der Waals surface area contributed by atoms with Gasteiger partial charge in [0.25, 0.3) is 11.5 Å². The minimum absolute atomic E-state index is 0.225. The van der Waals surface area contributed by atoms with E-state index in [1.54, 1.807) is 6.07 Å². The van der Waals surface area contributed by atoms with Crippen molar-refractivity contribution in [3.8, 4) is 0 Å². The van der Waals surface area contributed by atoms with Crippen LogP contribution < -0.4 is 10.9 Å². The quantitative estimate of drug-likeness (QED) is 0.812. The number of carbonyl (C=O) groups excluding carboxylic acids is 1. The van der Waals surface area contributed by atoms with E-state index in [-0.39, 0.29) is 23.1 Å². The Hall–Kier alpha value is -0.850. The van der Waals surface area contributed by atoms with Crippen LogP contribution in [0.25, 0.3) is 0 Å². The van der Waals surface area contributed by atoms with Gasteiger partial charge < -0.3 is 10.3 Å². The first-order valence-corrected chi connectivity index (χ1v) is 7.42. The number of hydrogen-bond donors (Lipinski definition) is 2. The molecule has 4 nitrogen and oxygen atoms in total. The highest BCUT2D eigenvalue weighted by atomic mass is 127. The average Bonchev–Trinajstić information content (AvgIpc) is 2.84. The van der Waals surface area contributed by atoms with Gasteiger partial charge in [-0.25, -0.2) is 0 Å². The van der Waals surface area contributed by atoms with Crippen LogP contribution in [0.4, 0.5) is 0 Å². The molecule has 1 amide bonds. The van der Waals surface area contributed by atoms with Gasteiger partial charge in [-0.2, -0.15) is 0 Å². The lowest BCUT2D eigenvalue weighted by Crippen LogP contribution is -2.36. The minimum atomic E-state index is -0.289. The number of hydrogen-bond acceptors (Lipinski definition) is 2. The summed E-state index contributed by atoms with van der Waals surface area (Å²) in [6.45, 7) is 1.98. The number of pyridine rings is 1. The van der Waals surface area contributed by atoms with Crippen LogP contribution in [0.3, 0.4) is 0 Å². The largest absolute Gasteiger partial charge is 0.349 e. The van der Waals surface area contributed by atoms with Crippen LogP contribution in [-0.4, -0.2) is 16.9 Å². The number of aromatic amines is 1. The molecule has 5 heteroatoms. The standard InChI is InChI=1S/C13H17IN2O2/c1-2-11-10(14)7-9(13(18)16-11)12(17)15-8-5-3-4-6-8/h7-8H,2-6H2,1H3,(H,15,17)(H,16,18). The molecule has 0 atom stereocenters. The number of aromatic nitrogens is 1. The maximum atomic E-state index is 12.0. The lowest BCUT2D eigenvalue weighted by atomic mass is 10.2. The Balaban J connectivity index is 2.19. The first kappa shape index (κ1) is 13.6. The molecular weight excluding hydrogens is 343 g/mol. The van der Waals surface area contributed by atoms with Crippen molar-refractivity contribution in [1.82, 2.24) is 10.3 Å². The summed E-state index contributed by atoms with van der Waals surface area (Å²) in [5.41, 5.74) is 0.823. The van der Waals surface area contributed by atoms with Gasteiger partial charge in [-0.15, -0.1) is 0 Å². The number of nitrogens with one attached hydrogen (secondary N) is 2. The summed E-state index contributed by atoms with van der Waals surface area (Å²) in [5.74, 6) is -0.247. The molecule has 1 aromatic rings. The van der Waals surface area contributed by atoms with E-state index < -0.39 is 0 Å². The van der Waals surface area contributed by atoms with Crippen LogP contribution in [0.2, 0.25) is 0 Å². The Kier molecular flexibility index (Phi) is 4.42. The fourth-order valence-corrected chi connectivity index (χ4v) is 3.13. The molecule has 1 aromatic heterocycles. The number of carbonyl (C=O) groups is 1. The second kappa shape index (κ2) is 5.86. The molecule has 0 radical (unpaired) electrons. The molecule has 1 aliphatic rings. The molecule has 1 saturated carbocycles. The zero-order valence-electron chi connectivity index (χ0n) is 10.4. The molecule has 0 unspecified atom stereocenters. The molecule has 1 heterocycles. The van der Waals surface area contributed by atoms with Crippen LogP contribution in [0, 0.1) is 3.57 Å². The Morgan fingerprint density at radius 3 is 2.78 bits per heavy atom. The number of amides is 1. The number of aryl methyl sites for hydroxylation is 1. The van der Waals surface area contributed by atoms with Gasteiger partial charge in [0.1, 0.15) is 5.56 Å². The first-order chi connectivity index (χ1) is 8.61. The van der Waals surface area contributed by atoms with Crippen molar-refractivity contribution >= 4 is 28.5 Å². The van der Waals surface area contributed by atoms with E-state index in [4.69, 9.17) is 0 Å². The second-order valence-corrected chi connectivity index (χ2v) is 5.81. The Bertz CT molecular complexity index is 504. The summed E-state index contributed by atoms with van der Waals surface area (Å²) < 4.78 is 0.936. The fourth-order valence-electron chi connectivity index (χ4n) is 2.30. The second-order valence-electron chi connectivity index (χ2n) is 4.65. The van der Waals surface area contributed by atoms with Crippen molar-refractivity contribution in [3.63, 3.8) is 0 Å². The highest BCUT2D eigenvalue weighted by Crippen LogP contribution is 2.18. The van der Waals surface area contributed by atoms with E-state index in [1.807, 2.05) is 6.92 Å². The summed E-state index contributed by atoms with van der Waals surface area (Å²) in [7, 11) is 0. The summed E-state index contributed by atoms with van der Waals surface area (Å²) in [6.07, 6.45) is 5.13. The van der Waals surface area contributed by atoms with Gasteiger partial charge in [0.05, 0.1) is 0 Å². The zero-order chi connectivity index (χ0) is 13.1. The maximum Gasteiger partial charge on any atom is 0.261 e. The van der Waals surface area contributed by atoms with E-state index in [2.05, 4.69) is 32.9 Å². The van der Waals surface area contributed by atoms with E-state index >= 15 is 0 Å². The molecule has 0 aromatic carbocycles. The van der Waals surface area contributed by atoms with Gasteiger partial charge in [0.2, 0.25) is 0 Å². The molecule has 0 spiro atoms. The van der Waals surface area contributed by atoms with Crippen LogP contribution in [0.5, 0.6) is 0 Å². The minimum Gasteiger partial charge on any atom is -0.349 e. The van der Waals surface area contributed by atoms with Crippen molar-refractivity contribution in [3.05, 3.63) is 31.2 Å². The molecular formula is C13H17IN2O2. The van der Waals surface area contributed by atoms with Crippen LogP contribution in [-0.2, 0) is 6.42 Å². The average molecular weight is 360 g/mol. The van der Waals surface area contributed by atoms with Crippen LogP contribution >= 0.6 is 22.6 Å². The van der Waals surface area contributed by atoms with Crippen molar-refractivity contribution in [1.29, 1.82) is 0 Å². The third-order valence-electron chi connectivity index (χ3n) is 3.36. The van der Waals surface area contributed by atoms with E-state index in [1.165, 1.54) is 0 Å². The van der Waals surface area contributed by atoms with Crippen molar-refractivity contribution < 1.29 is 4.79 Å². The summed E-state index contributed by atoms with van der Waals surface area (Å²) in [6, 6.07) is 1.92. The predicted molar refractivity (Wildman–Crippen MR) is 78.9 cm³/mol. The highest BCUT2D eigenvalue weighted by Gasteiger charge is 2.20. The molecule has 2 rings (SSSR count). The fraction of sp³-hybridized carbons (Fsp3) is 0.538. The monoisotopic (exact) mass is 360 g/mol. The van der Waals surface area contributed by atoms with Gasteiger partial charge >= 0.3 is 0 Å². The van der Waals surface area contributed by atoms with Crippen molar-refractivity contribution in [2.45, 2.75) is 45.1 Å². The molecule has 18 heavy (non-hydrogen) atoms. The molecule has 2 N–H and O–H groups in total.